The Morgan fingerprint density at radius 3 is 2.15 bits per heavy atom. The fraction of sp³-hybridized carbons (Fsp3) is 0.364. The van der Waals surface area contributed by atoms with Crippen molar-refractivity contribution in [3.63, 3.8) is 0 Å². The number of carbonyl (C=O) groups excluding carboxylic acids is 6. The van der Waals surface area contributed by atoms with Crippen molar-refractivity contribution in [3.05, 3.63) is 48.2 Å². The summed E-state index contributed by atoms with van der Waals surface area (Å²) in [7, 11) is 0. The average molecular weight is 473 g/mol. The molecule has 2 saturated heterocycles. The molecule has 1 aromatic rings. The number of benzene rings is 1. The van der Waals surface area contributed by atoms with E-state index in [0.717, 1.165) is 5.06 Å². The Morgan fingerprint density at radius 1 is 0.912 bits per heavy atom. The number of hydroxylamine groups is 4. The lowest BCUT2D eigenvalue weighted by molar-refractivity contribution is -0.199. The molecule has 1 aromatic carbocycles. The van der Waals surface area contributed by atoms with Gasteiger partial charge in [-0.05, 0) is 18.4 Å². The van der Waals surface area contributed by atoms with Crippen LogP contribution in [0.1, 0.15) is 44.1 Å². The predicted molar refractivity (Wildman–Crippen MR) is 111 cm³/mol. The number of carbonyl (C=O) groups is 6. The molecule has 2 fully saturated rings. The molecule has 2 aliphatic rings. The maximum atomic E-state index is 12.6. The molecule has 0 saturated carbocycles. The smallest absolute Gasteiger partial charge is 0.408 e. The summed E-state index contributed by atoms with van der Waals surface area (Å²) in [5.41, 5.74) is 1.02. The normalized spacial score (nSPS) is 16.5. The Labute approximate surface area is 194 Å². The van der Waals surface area contributed by atoms with Gasteiger partial charge >= 0.3 is 18.0 Å². The van der Waals surface area contributed by atoms with Gasteiger partial charge < -0.3 is 19.7 Å². The summed E-state index contributed by atoms with van der Waals surface area (Å²) in [6.07, 6.45) is -1.41. The number of hydrogen-bond donors (Lipinski definition) is 1. The maximum Gasteiger partial charge on any atom is 0.408 e. The Bertz CT molecular complexity index is 976. The Balaban J connectivity index is 1.59. The molecule has 0 aliphatic carbocycles. The lowest BCUT2D eigenvalue weighted by atomic mass is 10.1. The molecule has 1 unspecified atom stereocenters. The Morgan fingerprint density at radius 2 is 1.53 bits per heavy atom. The first-order valence-corrected chi connectivity index (χ1v) is 10.5. The van der Waals surface area contributed by atoms with Crippen LogP contribution in [0.2, 0.25) is 0 Å². The molecule has 0 aromatic heterocycles. The average Bonchev–Trinajstić information content (AvgIpc) is 3.31. The van der Waals surface area contributed by atoms with Crippen molar-refractivity contribution >= 4 is 35.8 Å². The largest absolute Gasteiger partial charge is 0.445 e. The van der Waals surface area contributed by atoms with Crippen LogP contribution in [-0.4, -0.2) is 51.9 Å². The van der Waals surface area contributed by atoms with Crippen LogP contribution in [0.25, 0.3) is 0 Å². The number of amides is 4. The van der Waals surface area contributed by atoms with E-state index >= 15 is 0 Å². The highest BCUT2D eigenvalue weighted by atomic mass is 16.7. The van der Waals surface area contributed by atoms with E-state index in [1.807, 2.05) is 0 Å². The number of nitrogens with one attached hydrogen (secondary N) is 1. The molecule has 12 nitrogen and oxygen atoms in total. The van der Waals surface area contributed by atoms with E-state index in [2.05, 4.69) is 11.9 Å². The van der Waals surface area contributed by atoms with Gasteiger partial charge in [0.25, 0.3) is 17.7 Å². The quantitative estimate of drug-likeness (QED) is 0.523. The van der Waals surface area contributed by atoms with Crippen LogP contribution in [0.5, 0.6) is 0 Å². The summed E-state index contributed by atoms with van der Waals surface area (Å²) in [5.74, 6) is -3.83. The van der Waals surface area contributed by atoms with Crippen molar-refractivity contribution < 1.29 is 43.2 Å². The van der Waals surface area contributed by atoms with Gasteiger partial charge in [0.15, 0.2) is 0 Å². The molecule has 2 heterocycles. The highest BCUT2D eigenvalue weighted by Gasteiger charge is 2.36. The second-order valence-corrected chi connectivity index (χ2v) is 7.51. The van der Waals surface area contributed by atoms with Crippen molar-refractivity contribution in [1.82, 2.24) is 15.4 Å². The molecule has 2 aliphatic heterocycles. The van der Waals surface area contributed by atoms with Crippen molar-refractivity contribution in [3.8, 4) is 0 Å². The minimum Gasteiger partial charge on any atom is -0.445 e. The van der Waals surface area contributed by atoms with Crippen LogP contribution >= 0.6 is 0 Å². The minimum absolute atomic E-state index is 0.0846. The van der Waals surface area contributed by atoms with Crippen LogP contribution in [-0.2, 0) is 45.0 Å². The molecule has 180 valence electrons. The van der Waals surface area contributed by atoms with E-state index in [1.165, 1.54) is 0 Å². The van der Waals surface area contributed by atoms with Crippen molar-refractivity contribution in [2.75, 3.05) is 0 Å². The van der Waals surface area contributed by atoms with Gasteiger partial charge in [-0.1, -0.05) is 36.9 Å². The second-order valence-electron chi connectivity index (χ2n) is 7.51. The van der Waals surface area contributed by atoms with Gasteiger partial charge in [0, 0.05) is 19.3 Å². The van der Waals surface area contributed by atoms with E-state index in [1.54, 1.807) is 30.3 Å². The van der Waals surface area contributed by atoms with Gasteiger partial charge in [-0.15, -0.1) is 10.1 Å². The zero-order chi connectivity index (χ0) is 24.7. The van der Waals surface area contributed by atoms with Crippen LogP contribution < -0.4 is 5.32 Å². The van der Waals surface area contributed by atoms with Crippen molar-refractivity contribution in [2.45, 2.75) is 51.2 Å². The first-order chi connectivity index (χ1) is 16.2. The SMILES string of the molecule is C=C1CCC(=O)N1OC(=O)CCC(NC(=O)OCc1ccccc1)C(=O)ON1C(=O)CCC1=O. The second kappa shape index (κ2) is 11.1. The number of allylic oxidation sites excluding steroid dienone is 1. The summed E-state index contributed by atoms with van der Waals surface area (Å²) in [6, 6.07) is 7.31. The molecule has 0 bridgehead atoms. The molecule has 4 amide bonds. The van der Waals surface area contributed by atoms with E-state index in [9.17, 15) is 28.8 Å². The summed E-state index contributed by atoms with van der Waals surface area (Å²) >= 11 is 0. The zero-order valence-corrected chi connectivity index (χ0v) is 18.2. The number of hydrogen-bond acceptors (Lipinski definition) is 9. The van der Waals surface area contributed by atoms with Gasteiger partial charge in [0.05, 0.1) is 12.1 Å². The van der Waals surface area contributed by atoms with E-state index in [-0.39, 0.29) is 32.3 Å². The molecule has 34 heavy (non-hydrogen) atoms. The third-order valence-electron chi connectivity index (χ3n) is 4.95. The third-order valence-corrected chi connectivity index (χ3v) is 4.95. The fourth-order valence-corrected chi connectivity index (χ4v) is 3.12. The Hall–Kier alpha value is -4.22. The fourth-order valence-electron chi connectivity index (χ4n) is 3.12. The summed E-state index contributed by atoms with van der Waals surface area (Å²) < 4.78 is 5.08. The molecule has 0 spiro atoms. The number of rotatable bonds is 9. The molecule has 0 radical (unpaired) electrons. The highest BCUT2D eigenvalue weighted by molar-refractivity contribution is 6.01. The summed E-state index contributed by atoms with van der Waals surface area (Å²) in [5, 5.41) is 3.39. The molecular weight excluding hydrogens is 450 g/mol. The van der Waals surface area contributed by atoms with Crippen LogP contribution in [0, 0.1) is 0 Å². The monoisotopic (exact) mass is 473 g/mol. The molecular formula is C22H23N3O9. The van der Waals surface area contributed by atoms with E-state index in [4.69, 9.17) is 14.4 Å². The van der Waals surface area contributed by atoms with Crippen LogP contribution in [0.4, 0.5) is 4.79 Å². The van der Waals surface area contributed by atoms with E-state index < -0.39 is 48.2 Å². The topological polar surface area (TPSA) is 149 Å². The number of nitrogens with zero attached hydrogens (tertiary/aromatic N) is 2. The first-order valence-electron chi connectivity index (χ1n) is 10.5. The summed E-state index contributed by atoms with van der Waals surface area (Å²) in [4.78, 5) is 82.1. The molecule has 1 N–H and O–H groups in total. The van der Waals surface area contributed by atoms with Crippen molar-refractivity contribution in [2.24, 2.45) is 0 Å². The van der Waals surface area contributed by atoms with Crippen molar-refractivity contribution in [1.29, 1.82) is 0 Å². The highest BCUT2D eigenvalue weighted by Crippen LogP contribution is 2.21. The number of alkyl carbamates (subject to hydrolysis) is 1. The van der Waals surface area contributed by atoms with Gasteiger partial charge in [0.2, 0.25) is 0 Å². The van der Waals surface area contributed by atoms with Gasteiger partial charge in [-0.2, -0.15) is 0 Å². The standard InChI is InChI=1S/C22H23N3O9/c1-14-7-9-17(26)24(14)33-20(29)12-8-16(21(30)34-25-18(27)10-11-19(25)28)23-22(31)32-13-15-5-3-2-4-6-15/h2-6,16H,1,7-13H2,(H,23,31). The first kappa shape index (κ1) is 24.4. The van der Waals surface area contributed by atoms with Gasteiger partial charge in [-0.3, -0.25) is 14.4 Å². The zero-order valence-electron chi connectivity index (χ0n) is 18.2. The van der Waals surface area contributed by atoms with Gasteiger partial charge in [-0.25, -0.2) is 14.4 Å². The van der Waals surface area contributed by atoms with E-state index in [0.29, 0.717) is 22.7 Å². The van der Waals surface area contributed by atoms with Crippen LogP contribution in [0.15, 0.2) is 42.6 Å². The Kier molecular flexibility index (Phi) is 7.96. The van der Waals surface area contributed by atoms with Crippen LogP contribution in [0.3, 0.4) is 0 Å². The number of ether oxygens (including phenoxy) is 1. The third kappa shape index (κ3) is 6.40. The van der Waals surface area contributed by atoms with Gasteiger partial charge in [0.1, 0.15) is 12.6 Å². The number of imide groups is 1. The summed E-state index contributed by atoms with van der Waals surface area (Å²) in [6.45, 7) is 3.55. The lowest BCUT2D eigenvalue weighted by Gasteiger charge is -2.20. The predicted octanol–water partition coefficient (Wildman–Crippen LogP) is 1.26. The molecule has 3 rings (SSSR count). The molecule has 1 atom stereocenters. The molecule has 12 heteroatoms. The maximum absolute atomic E-state index is 12.6. The lowest BCUT2D eigenvalue weighted by Crippen LogP contribution is -2.45. The minimum atomic E-state index is -1.45.